The van der Waals surface area contributed by atoms with Crippen molar-refractivity contribution in [2.24, 2.45) is 5.14 Å². The minimum absolute atomic E-state index is 0.274. The van der Waals surface area contributed by atoms with Crippen molar-refractivity contribution in [2.75, 3.05) is 11.9 Å². The van der Waals surface area contributed by atoms with Crippen LogP contribution in [0.2, 0.25) is 0 Å². The molecule has 2 aromatic rings. The van der Waals surface area contributed by atoms with E-state index in [-0.39, 0.29) is 11.3 Å². The predicted octanol–water partition coefficient (Wildman–Crippen LogP) is 0.132. The first-order chi connectivity index (χ1) is 13.2. The molecule has 3 amide bonds. The highest BCUT2D eigenvalue weighted by Crippen LogP contribution is 2.23. The molecule has 0 aliphatic rings. The Morgan fingerprint density at radius 2 is 1.61 bits per heavy atom. The monoisotopic (exact) mass is 406 g/mol. The lowest BCUT2D eigenvalue weighted by Gasteiger charge is -2.12. The fourth-order valence-electron chi connectivity index (χ4n) is 2.17. The minimum atomic E-state index is -4.15. The van der Waals surface area contributed by atoms with Gasteiger partial charge in [0, 0.05) is 0 Å². The van der Waals surface area contributed by atoms with E-state index in [1.165, 1.54) is 24.3 Å². The van der Waals surface area contributed by atoms with Crippen molar-refractivity contribution >= 4 is 33.4 Å². The number of benzene rings is 2. The third-order valence-corrected chi connectivity index (χ3v) is 4.34. The molecule has 0 spiro atoms. The molecule has 0 unspecified atom stereocenters. The van der Waals surface area contributed by atoms with Crippen molar-refractivity contribution in [1.82, 2.24) is 10.9 Å². The molecular weight excluding hydrogens is 388 g/mol. The van der Waals surface area contributed by atoms with Crippen LogP contribution in [0.15, 0.2) is 53.4 Å². The zero-order valence-electron chi connectivity index (χ0n) is 14.8. The van der Waals surface area contributed by atoms with Crippen LogP contribution in [0.1, 0.15) is 17.3 Å². The number of primary sulfonamides is 1. The Hall–Kier alpha value is -3.44. The van der Waals surface area contributed by atoms with Gasteiger partial charge < -0.3 is 10.1 Å². The number of hydrogen-bond donors (Lipinski definition) is 4. The van der Waals surface area contributed by atoms with Crippen molar-refractivity contribution in [1.29, 1.82) is 0 Å². The normalized spacial score (nSPS) is 10.6. The van der Waals surface area contributed by atoms with Crippen LogP contribution in [0, 0.1) is 0 Å². The van der Waals surface area contributed by atoms with Crippen LogP contribution in [-0.2, 0) is 19.6 Å². The maximum absolute atomic E-state index is 12.1. The van der Waals surface area contributed by atoms with Crippen molar-refractivity contribution in [2.45, 2.75) is 11.8 Å². The second-order valence-corrected chi connectivity index (χ2v) is 6.86. The van der Waals surface area contributed by atoms with E-state index in [1.807, 2.05) is 10.9 Å². The number of ether oxygens (including phenoxy) is 1. The molecule has 148 valence electrons. The summed E-state index contributed by atoms with van der Waals surface area (Å²) >= 11 is 0. The molecule has 5 N–H and O–H groups in total. The van der Waals surface area contributed by atoms with Gasteiger partial charge in [0.1, 0.15) is 5.75 Å². The zero-order valence-corrected chi connectivity index (χ0v) is 15.6. The van der Waals surface area contributed by atoms with Crippen LogP contribution in [0.4, 0.5) is 5.69 Å². The van der Waals surface area contributed by atoms with Gasteiger partial charge in [-0.05, 0) is 31.2 Å². The van der Waals surface area contributed by atoms with E-state index >= 15 is 0 Å². The van der Waals surface area contributed by atoms with E-state index in [0.29, 0.717) is 12.4 Å². The van der Waals surface area contributed by atoms with E-state index in [0.717, 1.165) is 6.07 Å². The number of hydrogen-bond acceptors (Lipinski definition) is 6. The smallest absolute Gasteiger partial charge is 0.328 e. The molecule has 10 nitrogen and oxygen atoms in total. The zero-order chi connectivity index (χ0) is 20.7. The van der Waals surface area contributed by atoms with Crippen molar-refractivity contribution < 1.29 is 27.5 Å². The number of rotatable bonds is 5. The Bertz CT molecular complexity index is 1010. The summed E-state index contributed by atoms with van der Waals surface area (Å²) in [7, 11) is -4.15. The Balaban J connectivity index is 2.03. The summed E-state index contributed by atoms with van der Waals surface area (Å²) in [6, 6.07) is 11.6. The molecule has 0 heterocycles. The molecule has 11 heteroatoms. The molecule has 0 fully saturated rings. The molecular formula is C17H18N4O6S. The van der Waals surface area contributed by atoms with Gasteiger partial charge in [0.05, 0.1) is 22.8 Å². The summed E-state index contributed by atoms with van der Waals surface area (Å²) in [5.41, 5.74) is 3.86. The first-order valence-corrected chi connectivity index (χ1v) is 9.54. The average molecular weight is 406 g/mol. The quantitative estimate of drug-likeness (QED) is 0.408. The van der Waals surface area contributed by atoms with Crippen molar-refractivity contribution in [3.8, 4) is 5.75 Å². The lowest BCUT2D eigenvalue weighted by Crippen LogP contribution is -2.47. The summed E-state index contributed by atoms with van der Waals surface area (Å²) in [6.45, 7) is 2.12. The van der Waals surface area contributed by atoms with E-state index < -0.39 is 32.6 Å². The molecule has 0 saturated carbocycles. The van der Waals surface area contributed by atoms with Gasteiger partial charge in [-0.1, -0.05) is 24.3 Å². The van der Waals surface area contributed by atoms with E-state index in [2.05, 4.69) is 5.32 Å². The van der Waals surface area contributed by atoms with Gasteiger partial charge in [0.2, 0.25) is 10.0 Å². The van der Waals surface area contributed by atoms with E-state index in [9.17, 15) is 22.8 Å². The second-order valence-electron chi connectivity index (χ2n) is 5.33. The molecule has 0 aliphatic carbocycles. The van der Waals surface area contributed by atoms with Crippen LogP contribution >= 0.6 is 0 Å². The maximum atomic E-state index is 12.1. The number of sulfonamides is 1. The number of para-hydroxylation sites is 2. The Labute approximate surface area is 161 Å². The first-order valence-electron chi connectivity index (χ1n) is 7.99. The van der Waals surface area contributed by atoms with Gasteiger partial charge in [0.15, 0.2) is 0 Å². The van der Waals surface area contributed by atoms with Gasteiger partial charge in [-0.3, -0.25) is 25.2 Å². The summed E-state index contributed by atoms with van der Waals surface area (Å²) in [6.07, 6.45) is 0. The highest BCUT2D eigenvalue weighted by molar-refractivity contribution is 7.89. The van der Waals surface area contributed by atoms with Gasteiger partial charge in [-0.25, -0.2) is 13.6 Å². The fraction of sp³-hybridized carbons (Fsp3) is 0.118. The number of anilines is 1. The molecule has 2 rings (SSSR count). The van der Waals surface area contributed by atoms with E-state index in [4.69, 9.17) is 9.88 Å². The third-order valence-electron chi connectivity index (χ3n) is 3.37. The van der Waals surface area contributed by atoms with Crippen LogP contribution in [-0.4, -0.2) is 32.7 Å². The molecule has 0 saturated heterocycles. The summed E-state index contributed by atoms with van der Waals surface area (Å²) in [5, 5.41) is 7.40. The van der Waals surface area contributed by atoms with Gasteiger partial charge >= 0.3 is 11.8 Å². The predicted molar refractivity (Wildman–Crippen MR) is 99.7 cm³/mol. The van der Waals surface area contributed by atoms with Gasteiger partial charge in [-0.2, -0.15) is 0 Å². The third kappa shape index (κ3) is 5.28. The number of nitrogens with two attached hydrogens (primary N) is 1. The summed E-state index contributed by atoms with van der Waals surface area (Å²) < 4.78 is 28.4. The van der Waals surface area contributed by atoms with Crippen LogP contribution < -0.4 is 26.0 Å². The summed E-state index contributed by atoms with van der Waals surface area (Å²) in [4.78, 5) is 35.6. The minimum Gasteiger partial charge on any atom is -0.492 e. The largest absolute Gasteiger partial charge is 0.492 e. The standard InChI is InChI=1S/C17H18N4O6S/c1-2-27-13-9-5-4-8-12(13)19-16(23)17(24)21-20-15(22)11-7-3-6-10-14(11)28(18,25)26/h3-10H,2H2,1H3,(H,19,23)(H,20,22)(H,21,24)(H2,18,25,26). The molecule has 0 bridgehead atoms. The first kappa shape index (κ1) is 20.9. The Kier molecular flexibility index (Phi) is 6.69. The maximum Gasteiger partial charge on any atom is 0.328 e. The van der Waals surface area contributed by atoms with Crippen molar-refractivity contribution in [3.05, 3.63) is 54.1 Å². The van der Waals surface area contributed by atoms with Crippen LogP contribution in [0.25, 0.3) is 0 Å². The Morgan fingerprint density at radius 3 is 2.29 bits per heavy atom. The topological polar surface area (TPSA) is 157 Å². The molecule has 0 radical (unpaired) electrons. The molecule has 0 atom stereocenters. The Morgan fingerprint density at radius 1 is 0.964 bits per heavy atom. The van der Waals surface area contributed by atoms with Crippen molar-refractivity contribution in [3.63, 3.8) is 0 Å². The summed E-state index contributed by atoms with van der Waals surface area (Å²) in [5.74, 6) is -2.82. The number of nitrogens with one attached hydrogen (secondary N) is 3. The molecule has 0 aliphatic heterocycles. The molecule has 28 heavy (non-hydrogen) atoms. The highest BCUT2D eigenvalue weighted by Gasteiger charge is 2.21. The average Bonchev–Trinajstić information content (AvgIpc) is 2.66. The second kappa shape index (κ2) is 8.97. The number of amides is 3. The SMILES string of the molecule is CCOc1ccccc1NC(=O)C(=O)NNC(=O)c1ccccc1S(N)(=O)=O. The number of hydrazine groups is 1. The lowest BCUT2D eigenvalue weighted by molar-refractivity contribution is -0.136. The van der Waals surface area contributed by atoms with E-state index in [1.54, 1.807) is 25.1 Å². The highest BCUT2D eigenvalue weighted by atomic mass is 32.2. The number of carbonyl (C=O) groups excluding carboxylic acids is 3. The molecule has 0 aromatic heterocycles. The van der Waals surface area contributed by atoms with Gasteiger partial charge in [0.25, 0.3) is 5.91 Å². The lowest BCUT2D eigenvalue weighted by atomic mass is 10.2. The van der Waals surface area contributed by atoms with Crippen LogP contribution in [0.5, 0.6) is 5.75 Å². The van der Waals surface area contributed by atoms with Crippen LogP contribution in [0.3, 0.4) is 0 Å². The number of carbonyl (C=O) groups is 3. The fourth-order valence-corrected chi connectivity index (χ4v) is 2.91. The van der Waals surface area contributed by atoms with Gasteiger partial charge in [-0.15, -0.1) is 0 Å². The molecule has 2 aromatic carbocycles.